The van der Waals surface area contributed by atoms with Crippen LogP contribution in [0, 0.1) is 17.6 Å². The second-order valence-electron chi connectivity index (χ2n) is 12.0. The van der Waals surface area contributed by atoms with Gasteiger partial charge in [0.15, 0.2) is 5.82 Å². The fraction of sp³-hybridized carbons (Fsp3) is 0.312. The Morgan fingerprint density at radius 3 is 2.08 bits per heavy atom. The van der Waals surface area contributed by atoms with E-state index in [-0.39, 0.29) is 27.2 Å². The number of hydrogen-bond acceptors (Lipinski definition) is 9. The lowest BCUT2D eigenvalue weighted by molar-refractivity contribution is -0.142. The molecular weight excluding hydrogens is 648 g/mol. The van der Waals surface area contributed by atoms with Gasteiger partial charge in [-0.3, -0.25) is 19.5 Å². The van der Waals surface area contributed by atoms with Gasteiger partial charge in [0.1, 0.15) is 11.6 Å². The van der Waals surface area contributed by atoms with E-state index >= 15 is 0 Å². The first-order valence-corrected chi connectivity index (χ1v) is 16.7. The third kappa shape index (κ3) is 6.40. The van der Waals surface area contributed by atoms with E-state index in [1.807, 2.05) is 11.9 Å². The number of rotatable bonds is 8. The van der Waals surface area contributed by atoms with E-state index in [0.29, 0.717) is 74.1 Å². The quantitative estimate of drug-likeness (QED) is 0.216. The van der Waals surface area contributed by atoms with Crippen LogP contribution in [0.3, 0.4) is 0 Å². The Morgan fingerprint density at radius 2 is 1.48 bits per heavy atom. The number of nitrogens with one attached hydrogen (secondary N) is 2. The lowest BCUT2D eigenvalue weighted by atomic mass is 9.95. The Kier molecular flexibility index (Phi) is 8.78. The molecule has 2 saturated heterocycles. The molecule has 0 saturated carbocycles. The van der Waals surface area contributed by atoms with Crippen LogP contribution in [0.5, 0.6) is 0 Å². The van der Waals surface area contributed by atoms with Crippen LogP contribution in [-0.2, 0) is 14.6 Å². The van der Waals surface area contributed by atoms with Crippen molar-refractivity contribution in [3.63, 3.8) is 0 Å². The van der Waals surface area contributed by atoms with Gasteiger partial charge < -0.3 is 30.9 Å². The fourth-order valence-electron chi connectivity index (χ4n) is 6.14. The van der Waals surface area contributed by atoms with E-state index in [0.717, 1.165) is 13.1 Å². The monoisotopic (exact) mass is 681 g/mol. The number of halogens is 2. The predicted molar refractivity (Wildman–Crippen MR) is 173 cm³/mol. The second-order valence-corrected chi connectivity index (χ2v) is 13.9. The third-order valence-electron chi connectivity index (χ3n) is 8.88. The van der Waals surface area contributed by atoms with E-state index < -0.39 is 50.1 Å². The Bertz CT molecular complexity index is 2020. The van der Waals surface area contributed by atoms with Crippen LogP contribution in [0.15, 0.2) is 58.3 Å². The van der Waals surface area contributed by atoms with Gasteiger partial charge in [-0.2, -0.15) is 5.10 Å². The van der Waals surface area contributed by atoms with Crippen molar-refractivity contribution in [3.05, 3.63) is 71.3 Å². The number of aliphatic carboxylic acids is 1. The highest BCUT2D eigenvalue weighted by Gasteiger charge is 2.30. The van der Waals surface area contributed by atoms with Crippen molar-refractivity contribution in [1.82, 2.24) is 15.1 Å². The highest BCUT2D eigenvalue weighted by Crippen LogP contribution is 2.37. The van der Waals surface area contributed by atoms with E-state index in [4.69, 9.17) is 5.73 Å². The van der Waals surface area contributed by atoms with Gasteiger partial charge in [-0.25, -0.2) is 17.2 Å². The number of carbonyl (C=O) groups excluding carboxylic acids is 2. The van der Waals surface area contributed by atoms with Gasteiger partial charge in [0, 0.05) is 50.7 Å². The van der Waals surface area contributed by atoms with Gasteiger partial charge in [-0.15, -0.1) is 0 Å². The first kappa shape index (κ1) is 32.8. The molecule has 1 aromatic heterocycles. The molecule has 2 aliphatic rings. The molecule has 2 fully saturated rings. The third-order valence-corrected chi connectivity index (χ3v) is 10.6. The number of likely N-dealkylation sites (N-methyl/N-ethyl adjacent to an activating group) is 1. The van der Waals surface area contributed by atoms with Crippen molar-refractivity contribution in [2.75, 3.05) is 61.4 Å². The molecule has 3 aromatic carbocycles. The van der Waals surface area contributed by atoms with Gasteiger partial charge >= 0.3 is 5.97 Å². The summed E-state index contributed by atoms with van der Waals surface area (Å²) in [6.45, 7) is 3.70. The molecule has 48 heavy (non-hydrogen) atoms. The molecule has 0 atom stereocenters. The molecule has 13 nitrogen and oxygen atoms in total. The number of sulfone groups is 1. The summed E-state index contributed by atoms with van der Waals surface area (Å²) in [4.78, 5) is 43.7. The van der Waals surface area contributed by atoms with Crippen LogP contribution >= 0.6 is 0 Å². The first-order valence-electron chi connectivity index (χ1n) is 15.2. The largest absolute Gasteiger partial charge is 0.481 e. The predicted octanol–water partition coefficient (Wildman–Crippen LogP) is 3.08. The molecule has 0 bridgehead atoms. The number of fused-ring (bicyclic) bond motifs is 1. The number of benzene rings is 3. The van der Waals surface area contributed by atoms with Crippen LogP contribution in [0.4, 0.5) is 26.0 Å². The summed E-state index contributed by atoms with van der Waals surface area (Å²) in [6, 6.07) is 9.01. The number of carboxylic acids is 1. The highest BCUT2D eigenvalue weighted by molar-refractivity contribution is 7.91. The van der Waals surface area contributed by atoms with E-state index in [1.165, 1.54) is 18.2 Å². The van der Waals surface area contributed by atoms with Crippen LogP contribution in [0.25, 0.3) is 10.9 Å². The lowest BCUT2D eigenvalue weighted by Gasteiger charge is -2.39. The molecule has 4 aromatic rings. The molecule has 252 valence electrons. The van der Waals surface area contributed by atoms with E-state index in [2.05, 4.69) is 25.3 Å². The molecule has 16 heteroatoms. The summed E-state index contributed by atoms with van der Waals surface area (Å²) in [5, 5.41) is 19.2. The van der Waals surface area contributed by atoms with Crippen molar-refractivity contribution < 1.29 is 36.7 Å². The Balaban J connectivity index is 1.37. The lowest BCUT2D eigenvalue weighted by Crippen LogP contribution is -2.45. The number of piperazine rings is 1. The van der Waals surface area contributed by atoms with Gasteiger partial charge in [-0.1, -0.05) is 0 Å². The van der Waals surface area contributed by atoms with E-state index in [1.54, 1.807) is 12.1 Å². The molecule has 5 N–H and O–H groups in total. The summed E-state index contributed by atoms with van der Waals surface area (Å²) in [6.07, 6.45) is 0.812. The van der Waals surface area contributed by atoms with Crippen molar-refractivity contribution in [2.24, 2.45) is 11.7 Å². The normalized spacial score (nSPS) is 16.3. The standard InChI is InChI=1S/C32H33F2N7O6S/c1-39-8-10-41(11-9-39)27-16-23(29(35)42)24(17-28(27)40-6-4-18(5-7-40)32(44)45)31(43)36-30-25-15-21(2-3-26(25)37-38-30)48(46,47)22-13-19(33)12-20(34)14-22/h2-3,12-18H,4-11H2,1H3,(H2,35,42)(H,44,45)(H2,36,37,38,43). The number of anilines is 3. The summed E-state index contributed by atoms with van der Waals surface area (Å²) >= 11 is 0. The minimum atomic E-state index is -4.36. The fourth-order valence-corrected chi connectivity index (χ4v) is 7.47. The number of hydrogen-bond donors (Lipinski definition) is 4. The van der Waals surface area contributed by atoms with Gasteiger partial charge in [0.25, 0.3) is 5.91 Å². The zero-order valence-electron chi connectivity index (χ0n) is 25.9. The number of aromatic amines is 1. The number of primary amides is 1. The molecule has 0 spiro atoms. The maximum Gasteiger partial charge on any atom is 0.306 e. The van der Waals surface area contributed by atoms with E-state index in [9.17, 15) is 36.7 Å². The molecule has 6 rings (SSSR count). The molecule has 2 amide bonds. The maximum atomic E-state index is 13.9. The second kappa shape index (κ2) is 12.8. The van der Waals surface area contributed by atoms with Crippen molar-refractivity contribution >= 4 is 55.7 Å². The van der Waals surface area contributed by atoms with Crippen LogP contribution in [0.2, 0.25) is 0 Å². The average molecular weight is 682 g/mol. The summed E-state index contributed by atoms with van der Waals surface area (Å²) in [5.74, 6) is -5.09. The minimum Gasteiger partial charge on any atom is -0.481 e. The first-order chi connectivity index (χ1) is 22.8. The Labute approximate surface area is 274 Å². The molecule has 0 aliphatic carbocycles. The average Bonchev–Trinajstić information content (AvgIpc) is 3.45. The molecule has 0 unspecified atom stereocenters. The molecule has 2 aliphatic heterocycles. The minimum absolute atomic E-state index is 0.0400. The van der Waals surface area contributed by atoms with Gasteiger partial charge in [0.2, 0.25) is 15.7 Å². The van der Waals surface area contributed by atoms with Crippen LogP contribution in [-0.4, -0.2) is 92.7 Å². The van der Waals surface area contributed by atoms with Gasteiger partial charge in [-0.05, 0) is 62.4 Å². The Hall–Kier alpha value is -5.09. The Morgan fingerprint density at radius 1 is 0.875 bits per heavy atom. The molecule has 0 radical (unpaired) electrons. The molecular formula is C32H33F2N7O6S. The topological polar surface area (TPSA) is 182 Å². The number of nitrogens with two attached hydrogens (primary N) is 1. The smallest absolute Gasteiger partial charge is 0.306 e. The van der Waals surface area contributed by atoms with Crippen molar-refractivity contribution in [1.29, 1.82) is 0 Å². The number of nitrogens with zero attached hydrogens (tertiary/aromatic N) is 4. The number of amides is 2. The van der Waals surface area contributed by atoms with Crippen molar-refractivity contribution in [3.8, 4) is 0 Å². The number of carbonyl (C=O) groups is 3. The molecule has 3 heterocycles. The number of H-pyrrole nitrogens is 1. The van der Waals surface area contributed by atoms with Crippen molar-refractivity contribution in [2.45, 2.75) is 22.6 Å². The zero-order valence-corrected chi connectivity index (χ0v) is 26.7. The van der Waals surface area contributed by atoms with Gasteiger partial charge in [0.05, 0.1) is 43.7 Å². The number of piperidine rings is 1. The summed E-state index contributed by atoms with van der Waals surface area (Å²) < 4.78 is 54.2. The number of aromatic nitrogens is 2. The maximum absolute atomic E-state index is 13.9. The summed E-state index contributed by atoms with van der Waals surface area (Å²) in [7, 11) is -2.35. The zero-order chi connectivity index (χ0) is 34.3. The highest BCUT2D eigenvalue weighted by atomic mass is 32.2. The van der Waals surface area contributed by atoms with Crippen LogP contribution < -0.4 is 20.9 Å². The number of carboxylic acid groups (broad SMARTS) is 1. The van der Waals surface area contributed by atoms with Crippen LogP contribution in [0.1, 0.15) is 33.6 Å². The summed E-state index contributed by atoms with van der Waals surface area (Å²) in [5.41, 5.74) is 7.42. The SMILES string of the molecule is CN1CCN(c2cc(C(N)=O)c(C(=O)Nc3n[nH]c4ccc(S(=O)(=O)c5cc(F)cc(F)c5)cc34)cc2N2CCC(C(=O)O)CC2)CC1.